The highest BCUT2D eigenvalue weighted by Crippen LogP contribution is 2.23. The lowest BCUT2D eigenvalue weighted by molar-refractivity contribution is -0.0522. The molecule has 78 valence electrons. The van der Waals surface area contributed by atoms with Crippen molar-refractivity contribution in [2.45, 2.75) is 19.6 Å². The largest absolute Gasteiger partial charge is 0.432 e. The molecule has 1 N–H and O–H groups in total. The van der Waals surface area contributed by atoms with Crippen LogP contribution in [-0.4, -0.2) is 11.7 Å². The lowest BCUT2D eigenvalue weighted by Gasteiger charge is -2.08. The molecule has 0 amide bonds. The summed E-state index contributed by atoms with van der Waals surface area (Å²) in [7, 11) is 0. The highest BCUT2D eigenvalue weighted by atomic mass is 19.3. The van der Waals surface area contributed by atoms with E-state index in [1.54, 1.807) is 0 Å². The van der Waals surface area contributed by atoms with Crippen molar-refractivity contribution in [1.29, 1.82) is 0 Å². The van der Waals surface area contributed by atoms with E-state index in [0.717, 1.165) is 12.1 Å². The average Bonchev–Trinajstić information content (AvgIpc) is 2.07. The van der Waals surface area contributed by atoms with Gasteiger partial charge in [-0.15, -0.1) is 0 Å². The zero-order valence-electron chi connectivity index (χ0n) is 7.38. The summed E-state index contributed by atoms with van der Waals surface area (Å²) in [5.41, 5.74) is 0.309. The lowest BCUT2D eigenvalue weighted by Crippen LogP contribution is -2.04. The van der Waals surface area contributed by atoms with Crippen molar-refractivity contribution in [1.82, 2.24) is 0 Å². The number of benzene rings is 1. The van der Waals surface area contributed by atoms with Crippen molar-refractivity contribution in [2.24, 2.45) is 0 Å². The van der Waals surface area contributed by atoms with E-state index in [1.807, 2.05) is 0 Å². The van der Waals surface area contributed by atoms with Gasteiger partial charge in [-0.3, -0.25) is 0 Å². The Bertz CT molecular complexity index is 313. The average molecular weight is 206 g/mol. The van der Waals surface area contributed by atoms with Gasteiger partial charge in [0.25, 0.3) is 0 Å². The van der Waals surface area contributed by atoms with Gasteiger partial charge in [0.15, 0.2) is 11.6 Å². The minimum absolute atomic E-state index is 0.309. The molecule has 0 saturated heterocycles. The lowest BCUT2D eigenvalue weighted by atomic mass is 10.1. The van der Waals surface area contributed by atoms with Gasteiger partial charge in [0.2, 0.25) is 0 Å². The van der Waals surface area contributed by atoms with Crippen LogP contribution in [0.25, 0.3) is 0 Å². The summed E-state index contributed by atoms with van der Waals surface area (Å²) in [5.74, 6) is -1.44. The summed E-state index contributed by atoms with van der Waals surface area (Å²) in [4.78, 5) is 0. The highest BCUT2D eigenvalue weighted by Gasteiger charge is 2.11. The molecule has 1 atom stereocenters. The van der Waals surface area contributed by atoms with E-state index < -0.39 is 24.3 Å². The first-order valence-electron chi connectivity index (χ1n) is 3.93. The second-order valence-electron chi connectivity index (χ2n) is 2.74. The van der Waals surface area contributed by atoms with Crippen LogP contribution in [0.5, 0.6) is 5.75 Å². The predicted molar refractivity (Wildman–Crippen MR) is 43.7 cm³/mol. The predicted octanol–water partition coefficient (Wildman–Crippen LogP) is 2.48. The third kappa shape index (κ3) is 2.63. The normalized spacial score (nSPS) is 13.0. The third-order valence-electron chi connectivity index (χ3n) is 1.65. The molecule has 0 radical (unpaired) electrons. The standard InChI is InChI=1S/C9H9F3O2/c1-5(13)6-2-3-8(7(10)4-6)14-9(11)12/h2-5,9,13H,1H3/t5-/m1/s1. The minimum Gasteiger partial charge on any atom is -0.432 e. The molecule has 5 heteroatoms. The van der Waals surface area contributed by atoms with Crippen LogP contribution < -0.4 is 4.74 Å². The van der Waals surface area contributed by atoms with Crippen molar-refractivity contribution < 1.29 is 23.0 Å². The van der Waals surface area contributed by atoms with E-state index in [2.05, 4.69) is 4.74 Å². The van der Waals surface area contributed by atoms with Gasteiger partial charge in [0, 0.05) is 0 Å². The Hall–Kier alpha value is -1.23. The molecule has 14 heavy (non-hydrogen) atoms. The molecular weight excluding hydrogens is 197 g/mol. The Morgan fingerprint density at radius 1 is 1.36 bits per heavy atom. The molecule has 0 aliphatic heterocycles. The van der Waals surface area contributed by atoms with Gasteiger partial charge in [-0.25, -0.2) is 4.39 Å². The minimum atomic E-state index is -3.05. The van der Waals surface area contributed by atoms with Crippen LogP contribution in [0.15, 0.2) is 18.2 Å². The summed E-state index contributed by atoms with van der Waals surface area (Å²) < 4.78 is 40.3. The first-order valence-corrected chi connectivity index (χ1v) is 3.93. The first-order chi connectivity index (χ1) is 6.50. The van der Waals surface area contributed by atoms with E-state index in [0.29, 0.717) is 5.56 Å². The molecule has 1 rings (SSSR count). The number of halogens is 3. The van der Waals surface area contributed by atoms with Crippen molar-refractivity contribution in [3.8, 4) is 5.75 Å². The molecule has 0 saturated carbocycles. The molecule has 2 nitrogen and oxygen atoms in total. The zero-order chi connectivity index (χ0) is 10.7. The van der Waals surface area contributed by atoms with Gasteiger partial charge in [0.1, 0.15) is 0 Å². The second-order valence-corrected chi connectivity index (χ2v) is 2.74. The zero-order valence-corrected chi connectivity index (χ0v) is 7.38. The maximum atomic E-state index is 13.0. The van der Waals surface area contributed by atoms with Crippen molar-refractivity contribution in [3.05, 3.63) is 29.6 Å². The van der Waals surface area contributed by atoms with Gasteiger partial charge in [-0.2, -0.15) is 8.78 Å². The van der Waals surface area contributed by atoms with Gasteiger partial charge in [-0.05, 0) is 24.6 Å². The number of ether oxygens (including phenoxy) is 1. The van der Waals surface area contributed by atoms with E-state index in [1.165, 1.54) is 13.0 Å². The number of hydrogen-bond donors (Lipinski definition) is 1. The molecule has 1 aromatic rings. The smallest absolute Gasteiger partial charge is 0.387 e. The van der Waals surface area contributed by atoms with Crippen molar-refractivity contribution in [2.75, 3.05) is 0 Å². The van der Waals surface area contributed by atoms with Crippen molar-refractivity contribution in [3.63, 3.8) is 0 Å². The topological polar surface area (TPSA) is 29.5 Å². The molecule has 0 unspecified atom stereocenters. The number of aliphatic hydroxyl groups is 1. The number of aliphatic hydroxyl groups excluding tert-OH is 1. The molecule has 1 aromatic carbocycles. The summed E-state index contributed by atoms with van der Waals surface area (Å²) in [6.07, 6.45) is -0.843. The van der Waals surface area contributed by atoms with Gasteiger partial charge in [-0.1, -0.05) is 6.07 Å². The molecule has 0 heterocycles. The Balaban J connectivity index is 2.90. The molecule has 0 aromatic heterocycles. The van der Waals surface area contributed by atoms with Crippen LogP contribution >= 0.6 is 0 Å². The first kappa shape index (κ1) is 10.8. The maximum absolute atomic E-state index is 13.0. The van der Waals surface area contributed by atoms with Gasteiger partial charge in [0.05, 0.1) is 6.10 Å². The van der Waals surface area contributed by atoms with Crippen LogP contribution in [0.3, 0.4) is 0 Å². The molecule has 0 spiro atoms. The van der Waals surface area contributed by atoms with Crippen LogP contribution in [-0.2, 0) is 0 Å². The van der Waals surface area contributed by atoms with E-state index >= 15 is 0 Å². The van der Waals surface area contributed by atoms with E-state index in [-0.39, 0.29) is 0 Å². The molecule has 0 aliphatic rings. The summed E-state index contributed by atoms with van der Waals surface area (Å²) >= 11 is 0. The number of alkyl halides is 2. The molecule has 0 aliphatic carbocycles. The SMILES string of the molecule is C[C@@H](O)c1ccc(OC(F)F)c(F)c1. The molecular formula is C9H9F3O2. The monoisotopic (exact) mass is 206 g/mol. The highest BCUT2D eigenvalue weighted by molar-refractivity contribution is 5.30. The second kappa shape index (κ2) is 4.32. The Morgan fingerprint density at radius 3 is 2.43 bits per heavy atom. The maximum Gasteiger partial charge on any atom is 0.387 e. The van der Waals surface area contributed by atoms with E-state index in [4.69, 9.17) is 5.11 Å². The number of rotatable bonds is 3. The van der Waals surface area contributed by atoms with E-state index in [9.17, 15) is 13.2 Å². The summed E-state index contributed by atoms with van der Waals surface area (Å²) in [6, 6.07) is 3.34. The van der Waals surface area contributed by atoms with Gasteiger partial charge < -0.3 is 9.84 Å². The summed E-state index contributed by atoms with van der Waals surface area (Å²) in [5, 5.41) is 9.07. The Labute approximate surface area is 78.9 Å². The van der Waals surface area contributed by atoms with Gasteiger partial charge >= 0.3 is 6.61 Å². The molecule has 0 fully saturated rings. The fraction of sp³-hybridized carbons (Fsp3) is 0.333. The fourth-order valence-electron chi connectivity index (χ4n) is 0.969. The summed E-state index contributed by atoms with van der Waals surface area (Å²) in [6.45, 7) is -1.61. The van der Waals surface area contributed by atoms with Crippen molar-refractivity contribution >= 4 is 0 Å². The van der Waals surface area contributed by atoms with Crippen LogP contribution in [0.4, 0.5) is 13.2 Å². The van der Waals surface area contributed by atoms with Crippen LogP contribution in [0.1, 0.15) is 18.6 Å². The van der Waals surface area contributed by atoms with Crippen LogP contribution in [0, 0.1) is 5.82 Å². The Morgan fingerprint density at radius 2 is 2.00 bits per heavy atom. The third-order valence-corrected chi connectivity index (χ3v) is 1.65. The van der Waals surface area contributed by atoms with Crippen LogP contribution in [0.2, 0.25) is 0 Å². The quantitative estimate of drug-likeness (QED) is 0.823. The Kier molecular flexibility index (Phi) is 3.35. The molecule has 0 bridgehead atoms. The fourth-order valence-corrected chi connectivity index (χ4v) is 0.969. The number of hydrogen-bond acceptors (Lipinski definition) is 2.